The molecule has 2 amide bonds. The monoisotopic (exact) mass is 921 g/mol. The van der Waals surface area contributed by atoms with E-state index in [2.05, 4.69) is 31.3 Å². The lowest BCUT2D eigenvalue weighted by atomic mass is 9.99. The number of aromatic nitrogens is 6. The van der Waals surface area contributed by atoms with Crippen LogP contribution in [0.2, 0.25) is 0 Å². The van der Waals surface area contributed by atoms with Crippen molar-refractivity contribution < 1.29 is 83.0 Å². The van der Waals surface area contributed by atoms with E-state index >= 15 is 0 Å². The average molecular weight is 922 g/mol. The molecule has 0 spiro atoms. The summed E-state index contributed by atoms with van der Waals surface area (Å²) < 4.78 is 47.2. The lowest BCUT2D eigenvalue weighted by Gasteiger charge is -2.39. The van der Waals surface area contributed by atoms with Crippen LogP contribution in [0.4, 0.5) is 11.4 Å². The van der Waals surface area contributed by atoms with Crippen molar-refractivity contribution in [2.45, 2.75) is 100 Å². The van der Waals surface area contributed by atoms with Crippen LogP contribution in [0.3, 0.4) is 0 Å². The summed E-state index contributed by atoms with van der Waals surface area (Å²) in [7, 11) is -2.38. The first-order valence-corrected chi connectivity index (χ1v) is 21.1. The number of nitrogens with zero attached hydrogens (tertiary/aromatic N) is 6. The molecule has 2 aliphatic rings. The van der Waals surface area contributed by atoms with Crippen molar-refractivity contribution in [3.05, 3.63) is 72.3 Å². The van der Waals surface area contributed by atoms with Gasteiger partial charge in [-0.1, -0.05) is 10.4 Å². The number of hydrogen-bond donors (Lipinski definition) is 10. The summed E-state index contributed by atoms with van der Waals surface area (Å²) >= 11 is 0. The van der Waals surface area contributed by atoms with Gasteiger partial charge in [-0.15, -0.1) is 19.2 Å². The van der Waals surface area contributed by atoms with E-state index in [4.69, 9.17) is 28.0 Å². The highest BCUT2D eigenvalue weighted by molar-refractivity contribution is 7.33. The summed E-state index contributed by atoms with van der Waals surface area (Å²) in [6, 6.07) is 12.2. The van der Waals surface area contributed by atoms with Crippen LogP contribution in [0.25, 0.3) is 0 Å². The minimum Gasteiger partial charge on any atom is -0.462 e. The number of amides is 2. The molecule has 25 nitrogen and oxygen atoms in total. The lowest BCUT2D eigenvalue weighted by molar-refractivity contribution is -0.277. The highest BCUT2D eigenvalue weighted by Crippen LogP contribution is 2.28. The van der Waals surface area contributed by atoms with Gasteiger partial charge in [-0.2, -0.15) is 0 Å². The van der Waals surface area contributed by atoms with Crippen LogP contribution >= 0.6 is 8.25 Å². The fourth-order valence-corrected chi connectivity index (χ4v) is 7.04. The van der Waals surface area contributed by atoms with E-state index in [0.29, 0.717) is 48.4 Å². The lowest BCUT2D eigenvalue weighted by Crippen LogP contribution is -2.60. The number of aryl methyl sites for hydroxylation is 2. The zero-order valence-corrected chi connectivity index (χ0v) is 34.9. The van der Waals surface area contributed by atoms with Crippen LogP contribution in [-0.2, 0) is 58.6 Å². The van der Waals surface area contributed by atoms with E-state index in [9.17, 15) is 55.0 Å². The number of hydrogen-bond acceptors (Lipinski definition) is 21. The molecule has 4 heterocycles. The zero-order valence-electron chi connectivity index (χ0n) is 34.0. The quantitative estimate of drug-likeness (QED) is 0.0294. The number of nitrogens with one attached hydrogen (secondary N) is 2. The van der Waals surface area contributed by atoms with Crippen molar-refractivity contribution in [2.24, 2.45) is 0 Å². The van der Waals surface area contributed by atoms with Crippen LogP contribution in [0, 0.1) is 0 Å². The Labute approximate surface area is 365 Å². The number of aliphatic hydroxyl groups is 8. The Balaban J connectivity index is 0.805. The molecule has 4 aromatic rings. The molecule has 10 atom stereocenters. The van der Waals surface area contributed by atoms with Gasteiger partial charge in [0.1, 0.15) is 86.6 Å². The fourth-order valence-electron chi connectivity index (χ4n) is 6.41. The van der Waals surface area contributed by atoms with Crippen LogP contribution in [0.5, 0.6) is 11.5 Å². The molecule has 0 saturated carbocycles. The molecule has 2 aromatic carbocycles. The number of carbonyl (C=O) groups is 2. The number of rotatable bonds is 22. The summed E-state index contributed by atoms with van der Waals surface area (Å²) in [5.74, 6) is -0.306. The predicted octanol–water partition coefficient (Wildman–Crippen LogP) is -2.24. The predicted molar refractivity (Wildman–Crippen MR) is 215 cm³/mol. The van der Waals surface area contributed by atoms with E-state index in [1.165, 1.54) is 33.6 Å². The second-order valence-electron chi connectivity index (χ2n) is 14.7. The molecule has 64 heavy (non-hydrogen) atoms. The Bertz CT molecular complexity index is 1960. The molecule has 0 aliphatic carbocycles. The van der Waals surface area contributed by atoms with Crippen molar-refractivity contribution in [3.63, 3.8) is 0 Å². The minimum absolute atomic E-state index is 0.120. The second kappa shape index (κ2) is 23.2. The molecule has 0 bridgehead atoms. The van der Waals surface area contributed by atoms with Crippen LogP contribution < -0.4 is 20.1 Å². The Hall–Kier alpha value is -5.12. The summed E-state index contributed by atoms with van der Waals surface area (Å²) in [5, 5.41) is 100. The first-order valence-electron chi connectivity index (χ1n) is 20.1. The molecule has 2 saturated heterocycles. The molecule has 2 aromatic heterocycles. The standard InChI is InChI=1S/C38H49N8O17P/c47-19-27-31(51)33(53)35(55)37(62-27)60-25-9-5-21(6-10-25)39-29(49)17-45-15-23(41-43-45)3-1-13-58-64(57)59-14-2-4-24-16-46(44-42-24)18-30(50)40-22-7-11-26(12-8-22)61-38-36(56)34(54)32(52)28(20-48)63-38/h5-12,15-16,27-28,31-38,47-48,51-56H,1-4,13-14,17-20H2,(H-,39,40,49,50)/p+1/t27?,28?,31-,32-,33?,34?,35-,36-,37+,38+/m0/s1. The molecule has 2 fully saturated rings. The highest BCUT2D eigenvalue weighted by atomic mass is 31.1. The minimum atomic E-state index is -2.38. The molecular weight excluding hydrogens is 871 g/mol. The van der Waals surface area contributed by atoms with Crippen LogP contribution in [0.15, 0.2) is 60.9 Å². The number of carbonyl (C=O) groups excluding carboxylic acids is 2. The maximum absolute atomic E-state index is 12.6. The summed E-state index contributed by atoms with van der Waals surface area (Å²) in [4.78, 5) is 25.2. The number of ether oxygens (including phenoxy) is 4. The Morgan fingerprint density at radius 1 is 0.609 bits per heavy atom. The zero-order chi connectivity index (χ0) is 45.8. The fraction of sp³-hybridized carbons (Fsp3) is 0.526. The number of benzene rings is 2. The van der Waals surface area contributed by atoms with Crippen LogP contribution in [0.1, 0.15) is 24.2 Å². The Kier molecular flexibility index (Phi) is 17.5. The Morgan fingerprint density at radius 2 is 1.00 bits per heavy atom. The van der Waals surface area contributed by atoms with Gasteiger partial charge in [0.15, 0.2) is 0 Å². The molecule has 2 aliphatic heterocycles. The van der Waals surface area contributed by atoms with Crippen molar-refractivity contribution in [2.75, 3.05) is 37.1 Å². The summed E-state index contributed by atoms with van der Waals surface area (Å²) in [6.07, 6.45) is -9.25. The highest BCUT2D eigenvalue weighted by Gasteiger charge is 2.46. The van der Waals surface area contributed by atoms with E-state index < -0.39 is 94.7 Å². The maximum atomic E-state index is 12.6. The van der Waals surface area contributed by atoms with E-state index in [1.807, 2.05) is 0 Å². The van der Waals surface area contributed by atoms with Crippen molar-refractivity contribution >= 4 is 31.4 Å². The smallest absolute Gasteiger partial charge is 0.462 e. The molecule has 6 rings (SSSR count). The third-order valence-electron chi connectivity index (χ3n) is 9.81. The van der Waals surface area contributed by atoms with Crippen molar-refractivity contribution in [1.29, 1.82) is 0 Å². The van der Waals surface area contributed by atoms with Gasteiger partial charge in [-0.3, -0.25) is 9.59 Å². The van der Waals surface area contributed by atoms with Gasteiger partial charge in [-0.05, 0) is 74.2 Å². The van der Waals surface area contributed by atoms with E-state index in [-0.39, 0.29) is 37.8 Å². The number of aliphatic hydroxyl groups excluding tert-OH is 8. The van der Waals surface area contributed by atoms with Crippen LogP contribution in [-0.4, -0.2) is 170 Å². The van der Waals surface area contributed by atoms with Gasteiger partial charge < -0.3 is 70.4 Å². The first kappa shape index (κ1) is 48.3. The average Bonchev–Trinajstić information content (AvgIpc) is 3.94. The molecular formula is C38H50N8O17P+. The Morgan fingerprint density at radius 3 is 1.38 bits per heavy atom. The molecule has 348 valence electrons. The summed E-state index contributed by atoms with van der Waals surface area (Å²) in [6.45, 7) is -1.20. The van der Waals surface area contributed by atoms with E-state index in [0.717, 1.165) is 0 Å². The largest absolute Gasteiger partial charge is 0.697 e. The van der Waals surface area contributed by atoms with Gasteiger partial charge in [0.2, 0.25) is 24.4 Å². The SMILES string of the molecule is O=C(Cn1cc(CCCO[P+](=O)OCCCc2cn(CC(=O)Nc3ccc(O[C@@H]4OC(CO)[C@H](O)C(O)[C@@H]4O)cc3)nn2)nn1)Nc1ccc(O[C@@H]2OC(CO)[C@H](O)C(O)[C@@H]2O)cc1. The molecule has 4 unspecified atom stereocenters. The molecule has 26 heteroatoms. The van der Waals surface area contributed by atoms with Crippen molar-refractivity contribution in [1.82, 2.24) is 30.0 Å². The molecule has 10 N–H and O–H groups in total. The normalized spacial score (nSPS) is 26.0. The van der Waals surface area contributed by atoms with Gasteiger partial charge in [0.05, 0.1) is 24.6 Å². The molecule has 0 radical (unpaired) electrons. The van der Waals surface area contributed by atoms with Gasteiger partial charge in [0, 0.05) is 28.3 Å². The van der Waals surface area contributed by atoms with Gasteiger partial charge in [0.25, 0.3) is 0 Å². The summed E-state index contributed by atoms with van der Waals surface area (Å²) in [5.41, 5.74) is 2.04. The van der Waals surface area contributed by atoms with Gasteiger partial charge >= 0.3 is 8.25 Å². The second-order valence-corrected chi connectivity index (χ2v) is 15.7. The topological polar surface area (TPSA) is 354 Å². The van der Waals surface area contributed by atoms with Crippen molar-refractivity contribution in [3.8, 4) is 11.5 Å². The number of anilines is 2. The van der Waals surface area contributed by atoms with E-state index in [1.54, 1.807) is 36.7 Å². The third-order valence-corrected chi connectivity index (χ3v) is 10.6. The third kappa shape index (κ3) is 13.5. The first-order chi connectivity index (χ1) is 30.8. The maximum Gasteiger partial charge on any atom is 0.697 e. The van der Waals surface area contributed by atoms with Gasteiger partial charge in [-0.25, -0.2) is 9.36 Å².